The quantitative estimate of drug-likeness (QED) is 0.283. The van der Waals surface area contributed by atoms with Gasteiger partial charge in [-0.1, -0.05) is 24.3 Å². The summed E-state index contributed by atoms with van der Waals surface area (Å²) < 4.78 is 66.6. The number of nitrogens with zero attached hydrogens (tertiary/aromatic N) is 5. The van der Waals surface area contributed by atoms with Gasteiger partial charge >= 0.3 is 6.09 Å². The number of para-hydroxylation sites is 1. The van der Waals surface area contributed by atoms with Crippen molar-refractivity contribution in [2.75, 3.05) is 31.0 Å². The molecule has 0 radical (unpaired) electrons. The maximum Gasteiger partial charge on any atom is 0.410 e. The predicted octanol–water partition coefficient (Wildman–Crippen LogP) is 5.02. The van der Waals surface area contributed by atoms with Crippen LogP contribution in [0.5, 0.6) is 0 Å². The van der Waals surface area contributed by atoms with Crippen molar-refractivity contribution in [1.29, 1.82) is 0 Å². The fourth-order valence-corrected chi connectivity index (χ4v) is 7.00. The molecule has 1 atom stereocenters. The van der Waals surface area contributed by atoms with Crippen LogP contribution < -0.4 is 9.86 Å². The van der Waals surface area contributed by atoms with Crippen LogP contribution in [-0.4, -0.2) is 71.9 Å². The smallest absolute Gasteiger partial charge is 0.410 e. The molecule has 0 N–H and O–H groups in total. The average molecular weight is 682 g/mol. The molecular formula is C34H37F2N5O6S. The molecule has 1 aromatic heterocycles. The van der Waals surface area contributed by atoms with Crippen molar-refractivity contribution >= 4 is 27.7 Å². The Balaban J connectivity index is 1.49. The SMILES string of the molecule is Cc1c(N(C)S(=O)(=O)c2cccc(C(=O)N3CCN(C(=O)OC(C)(C)C)CC3c3cc(F)ccc3F)c2)c(=O)n(-c2ccccc2)n1C. The van der Waals surface area contributed by atoms with Gasteiger partial charge < -0.3 is 14.5 Å². The third kappa shape index (κ3) is 6.57. The van der Waals surface area contributed by atoms with E-state index in [1.807, 2.05) is 0 Å². The highest BCUT2D eigenvalue weighted by Crippen LogP contribution is 2.31. The summed E-state index contributed by atoms with van der Waals surface area (Å²) in [5, 5.41) is 0. The van der Waals surface area contributed by atoms with E-state index in [2.05, 4.69) is 0 Å². The number of amides is 2. The van der Waals surface area contributed by atoms with Crippen molar-refractivity contribution in [2.45, 2.75) is 44.2 Å². The standard InChI is InChI=1S/C34H37F2N5O6S/c1-22-30(32(43)41(37(22)5)25-12-8-7-9-13-25)38(6)48(45,46)26-14-10-11-23(19-26)31(42)40-18-17-39(33(44)47-34(2,3)4)21-29(40)27-20-24(35)15-16-28(27)36/h7-16,19-20,29H,17-18,21H2,1-6H3. The second-order valence-corrected chi connectivity index (χ2v) is 14.5. The van der Waals surface area contributed by atoms with Gasteiger partial charge in [-0.15, -0.1) is 0 Å². The summed E-state index contributed by atoms with van der Waals surface area (Å²) in [5.41, 5.74) is -0.674. The van der Waals surface area contributed by atoms with E-state index >= 15 is 4.39 Å². The summed E-state index contributed by atoms with van der Waals surface area (Å²) >= 11 is 0. The number of rotatable bonds is 6. The second kappa shape index (κ2) is 12.9. The number of halogens is 2. The molecule has 1 saturated heterocycles. The van der Waals surface area contributed by atoms with Gasteiger partial charge in [-0.05, 0) is 76.2 Å². The summed E-state index contributed by atoms with van der Waals surface area (Å²) in [6.45, 7) is 6.50. The van der Waals surface area contributed by atoms with Gasteiger partial charge in [-0.3, -0.25) is 18.6 Å². The summed E-state index contributed by atoms with van der Waals surface area (Å²) in [7, 11) is -1.46. The van der Waals surface area contributed by atoms with Gasteiger partial charge in [0.15, 0.2) is 0 Å². The van der Waals surface area contributed by atoms with Crippen molar-refractivity contribution in [3.05, 3.63) is 112 Å². The molecule has 0 aliphatic carbocycles. The molecule has 0 bridgehead atoms. The van der Waals surface area contributed by atoms with E-state index in [1.54, 1.807) is 69.8 Å². The normalized spacial score (nSPS) is 15.4. The highest BCUT2D eigenvalue weighted by atomic mass is 32.2. The molecule has 3 aromatic carbocycles. The number of hydrogen-bond donors (Lipinski definition) is 0. The summed E-state index contributed by atoms with van der Waals surface area (Å²) in [5.74, 6) is -2.16. The minimum Gasteiger partial charge on any atom is -0.444 e. The minimum atomic E-state index is -4.37. The molecule has 5 rings (SSSR count). The Kier molecular flexibility index (Phi) is 9.24. The molecule has 2 amide bonds. The van der Waals surface area contributed by atoms with Crippen LogP contribution in [-0.2, 0) is 21.8 Å². The third-order valence-corrected chi connectivity index (χ3v) is 9.94. The van der Waals surface area contributed by atoms with E-state index in [0.717, 1.165) is 22.5 Å². The molecule has 1 aliphatic rings. The van der Waals surface area contributed by atoms with Crippen LogP contribution in [0.3, 0.4) is 0 Å². The Labute approximate surface area is 277 Å². The molecule has 1 unspecified atom stereocenters. The molecule has 1 fully saturated rings. The van der Waals surface area contributed by atoms with Crippen LogP contribution in [0.1, 0.15) is 48.4 Å². The first kappa shape index (κ1) is 34.4. The number of benzene rings is 3. The lowest BCUT2D eigenvalue weighted by Gasteiger charge is -2.42. The van der Waals surface area contributed by atoms with Crippen LogP contribution in [0.2, 0.25) is 0 Å². The molecule has 14 heteroatoms. The van der Waals surface area contributed by atoms with E-state index in [4.69, 9.17) is 4.74 Å². The lowest BCUT2D eigenvalue weighted by atomic mass is 10.00. The summed E-state index contributed by atoms with van der Waals surface area (Å²) in [4.78, 5) is 42.9. The molecule has 254 valence electrons. The fourth-order valence-electron chi connectivity index (χ4n) is 5.70. The zero-order valence-corrected chi connectivity index (χ0v) is 28.3. The molecule has 48 heavy (non-hydrogen) atoms. The lowest BCUT2D eigenvalue weighted by molar-refractivity contribution is 0.00369. The van der Waals surface area contributed by atoms with Gasteiger partial charge in [-0.25, -0.2) is 26.7 Å². The van der Waals surface area contributed by atoms with Crippen LogP contribution in [0.15, 0.2) is 82.5 Å². The maximum absolute atomic E-state index is 15.1. The van der Waals surface area contributed by atoms with E-state index in [-0.39, 0.29) is 41.3 Å². The van der Waals surface area contributed by atoms with Crippen molar-refractivity contribution in [3.63, 3.8) is 0 Å². The first-order valence-corrected chi connectivity index (χ1v) is 16.6. The van der Waals surface area contributed by atoms with Crippen LogP contribution in [0.4, 0.5) is 19.3 Å². The van der Waals surface area contributed by atoms with Crippen molar-refractivity contribution < 1.29 is 31.5 Å². The van der Waals surface area contributed by atoms with Crippen LogP contribution in [0, 0.1) is 18.6 Å². The minimum absolute atomic E-state index is 0.0375. The summed E-state index contributed by atoms with van der Waals surface area (Å²) in [6, 6.07) is 15.8. The topological polar surface area (TPSA) is 114 Å². The zero-order valence-electron chi connectivity index (χ0n) is 27.5. The lowest BCUT2D eigenvalue weighted by Crippen LogP contribution is -2.53. The van der Waals surface area contributed by atoms with E-state index in [1.165, 1.54) is 45.8 Å². The van der Waals surface area contributed by atoms with Gasteiger partial charge in [0.05, 0.1) is 22.3 Å². The monoisotopic (exact) mass is 681 g/mol. The Bertz CT molecular complexity index is 2040. The molecular weight excluding hydrogens is 644 g/mol. The molecule has 0 spiro atoms. The average Bonchev–Trinajstić information content (AvgIpc) is 3.27. The van der Waals surface area contributed by atoms with Crippen molar-refractivity contribution in [1.82, 2.24) is 19.2 Å². The predicted molar refractivity (Wildman–Crippen MR) is 176 cm³/mol. The van der Waals surface area contributed by atoms with E-state index in [0.29, 0.717) is 11.4 Å². The van der Waals surface area contributed by atoms with Gasteiger partial charge in [0.2, 0.25) is 0 Å². The molecule has 4 aromatic rings. The number of carbonyl (C=O) groups is 2. The first-order valence-electron chi connectivity index (χ1n) is 15.2. The summed E-state index contributed by atoms with van der Waals surface area (Å²) in [6.07, 6.45) is -0.671. The van der Waals surface area contributed by atoms with Crippen molar-refractivity contribution in [2.24, 2.45) is 7.05 Å². The Morgan fingerprint density at radius 1 is 0.958 bits per heavy atom. The number of hydrogen-bond acceptors (Lipinski definition) is 6. The number of sulfonamides is 1. The van der Waals surface area contributed by atoms with Gasteiger partial charge in [0, 0.05) is 44.9 Å². The van der Waals surface area contributed by atoms with Gasteiger partial charge in [0.1, 0.15) is 22.9 Å². The molecule has 0 saturated carbocycles. The highest BCUT2D eigenvalue weighted by Gasteiger charge is 2.38. The Hall–Kier alpha value is -4.98. The van der Waals surface area contributed by atoms with Gasteiger partial charge in [0.25, 0.3) is 21.5 Å². The van der Waals surface area contributed by atoms with E-state index in [9.17, 15) is 27.2 Å². The maximum atomic E-state index is 15.1. The number of aromatic nitrogens is 2. The first-order chi connectivity index (χ1) is 22.5. The number of piperazine rings is 1. The fraction of sp³-hybridized carbons (Fsp3) is 0.324. The van der Waals surface area contributed by atoms with Gasteiger partial charge in [-0.2, -0.15) is 0 Å². The van der Waals surface area contributed by atoms with Crippen molar-refractivity contribution in [3.8, 4) is 5.69 Å². The second-order valence-electron chi connectivity index (χ2n) is 12.5. The third-order valence-electron chi connectivity index (χ3n) is 8.19. The highest BCUT2D eigenvalue weighted by molar-refractivity contribution is 7.92. The Morgan fingerprint density at radius 3 is 2.31 bits per heavy atom. The Morgan fingerprint density at radius 2 is 1.65 bits per heavy atom. The molecule has 1 aliphatic heterocycles. The largest absolute Gasteiger partial charge is 0.444 e. The number of ether oxygens (including phenoxy) is 1. The molecule has 2 heterocycles. The molecule has 11 nitrogen and oxygen atoms in total. The zero-order chi connectivity index (χ0) is 35.1. The number of carbonyl (C=O) groups excluding carboxylic acids is 2. The van der Waals surface area contributed by atoms with E-state index < -0.39 is 50.9 Å². The van der Waals surface area contributed by atoms with Crippen LogP contribution >= 0.6 is 0 Å². The number of anilines is 1. The van der Waals surface area contributed by atoms with Crippen LogP contribution in [0.25, 0.3) is 5.69 Å².